The minimum atomic E-state index is -0.638. The maximum absolute atomic E-state index is 12.8. The number of amides is 2. The van der Waals surface area contributed by atoms with Gasteiger partial charge >= 0.3 is 12.0 Å². The van der Waals surface area contributed by atoms with E-state index in [-0.39, 0.29) is 18.6 Å². The number of carbonyl (C=O) groups excluding carboxylic acids is 2. The lowest BCUT2D eigenvalue weighted by Gasteiger charge is -2.38. The number of urea groups is 1. The Balaban J connectivity index is 2.08. The van der Waals surface area contributed by atoms with Crippen molar-refractivity contribution in [1.82, 2.24) is 4.90 Å². The number of nitrogens with zero attached hydrogens (tertiary/aromatic N) is 2. The number of aliphatic imine (C=N–C) groups is 1. The van der Waals surface area contributed by atoms with Crippen LogP contribution in [-0.2, 0) is 16.1 Å². The van der Waals surface area contributed by atoms with E-state index in [0.717, 1.165) is 15.6 Å². The molecule has 0 spiro atoms. The van der Waals surface area contributed by atoms with Gasteiger partial charge in [-0.3, -0.25) is 4.79 Å². The number of hydrogen-bond donors (Lipinski definition) is 0. The monoisotopic (exact) mass is 428 g/mol. The Labute approximate surface area is 167 Å². The molecule has 27 heavy (non-hydrogen) atoms. The highest BCUT2D eigenvalue weighted by Crippen LogP contribution is 2.37. The Morgan fingerprint density at radius 2 is 1.93 bits per heavy atom. The first-order valence-corrected chi connectivity index (χ1v) is 9.62. The smallest absolute Gasteiger partial charge is 0.344 e. The van der Waals surface area contributed by atoms with Gasteiger partial charge in [0.05, 0.1) is 12.6 Å². The summed E-state index contributed by atoms with van der Waals surface area (Å²) in [7, 11) is 0. The van der Waals surface area contributed by atoms with Crippen LogP contribution >= 0.6 is 15.9 Å². The summed E-state index contributed by atoms with van der Waals surface area (Å²) in [6.45, 7) is 4.13. The average molecular weight is 429 g/mol. The van der Waals surface area contributed by atoms with E-state index in [4.69, 9.17) is 4.74 Å². The number of halogens is 1. The molecule has 2 amide bonds. The fourth-order valence-electron chi connectivity index (χ4n) is 3.35. The number of hydrogen-bond acceptors (Lipinski definition) is 3. The van der Waals surface area contributed by atoms with Crippen molar-refractivity contribution < 1.29 is 14.3 Å². The molecule has 0 aliphatic carbocycles. The molecule has 0 aromatic heterocycles. The largest absolute Gasteiger partial charge is 0.465 e. The second-order valence-electron chi connectivity index (χ2n) is 6.38. The summed E-state index contributed by atoms with van der Waals surface area (Å²) in [4.78, 5) is 31.3. The van der Waals surface area contributed by atoms with Crippen LogP contribution in [0.25, 0.3) is 0 Å². The molecule has 3 rings (SSSR count). The highest BCUT2D eigenvalue weighted by molar-refractivity contribution is 9.10. The summed E-state index contributed by atoms with van der Waals surface area (Å²) in [5, 5.41) is 0. The number of carbonyl (C=O) groups is 2. The van der Waals surface area contributed by atoms with Gasteiger partial charge in [0.25, 0.3) is 0 Å². The molecule has 6 heteroatoms. The van der Waals surface area contributed by atoms with E-state index >= 15 is 0 Å². The van der Waals surface area contributed by atoms with Crippen molar-refractivity contribution in [2.24, 2.45) is 10.9 Å². The fraction of sp³-hybridized carbons (Fsp3) is 0.286. The van der Waals surface area contributed by atoms with E-state index in [1.807, 2.05) is 54.6 Å². The molecule has 2 atom stereocenters. The highest BCUT2D eigenvalue weighted by atomic mass is 79.9. The SMILES string of the molecule is CCOC(=O)C1C(C)=NC(=O)N(Cc2ccccc2)C1c1cccc(Br)c1. The van der Waals surface area contributed by atoms with Crippen LogP contribution in [0, 0.1) is 5.92 Å². The summed E-state index contributed by atoms with van der Waals surface area (Å²) < 4.78 is 6.18. The second kappa shape index (κ2) is 8.48. The van der Waals surface area contributed by atoms with E-state index in [2.05, 4.69) is 20.9 Å². The first-order chi connectivity index (χ1) is 13.0. The zero-order chi connectivity index (χ0) is 19.4. The Kier molecular flexibility index (Phi) is 6.06. The number of esters is 1. The van der Waals surface area contributed by atoms with Gasteiger partial charge in [-0.25, -0.2) is 9.79 Å². The normalized spacial score (nSPS) is 19.6. The minimum absolute atomic E-state index is 0.278. The predicted octanol–water partition coefficient (Wildman–Crippen LogP) is 4.77. The predicted molar refractivity (Wildman–Crippen MR) is 107 cm³/mol. The second-order valence-corrected chi connectivity index (χ2v) is 7.29. The Morgan fingerprint density at radius 3 is 2.59 bits per heavy atom. The molecule has 0 N–H and O–H groups in total. The average Bonchev–Trinajstić information content (AvgIpc) is 2.64. The molecule has 1 aliphatic rings. The van der Waals surface area contributed by atoms with Gasteiger partial charge in [-0.15, -0.1) is 0 Å². The Hall–Kier alpha value is -2.47. The standard InChI is InChI=1S/C21H21BrN2O3/c1-3-27-20(25)18-14(2)23-21(26)24(13-15-8-5-4-6-9-15)19(18)16-10-7-11-17(22)12-16/h4-12,18-19H,3,13H2,1-2H3. The first kappa shape index (κ1) is 19.3. The first-order valence-electron chi connectivity index (χ1n) is 8.83. The lowest BCUT2D eigenvalue weighted by molar-refractivity contribution is -0.147. The van der Waals surface area contributed by atoms with Crippen LogP contribution in [0.2, 0.25) is 0 Å². The molecule has 0 radical (unpaired) electrons. The molecule has 0 saturated carbocycles. The van der Waals surface area contributed by atoms with Gasteiger partial charge in [0.1, 0.15) is 5.92 Å². The molecule has 2 aromatic rings. The summed E-state index contributed by atoms with van der Waals surface area (Å²) in [5.41, 5.74) is 2.32. The summed E-state index contributed by atoms with van der Waals surface area (Å²) in [6.07, 6.45) is 0. The number of ether oxygens (including phenoxy) is 1. The van der Waals surface area contributed by atoms with Crippen molar-refractivity contribution in [2.45, 2.75) is 26.4 Å². The minimum Gasteiger partial charge on any atom is -0.465 e. The molecule has 0 bridgehead atoms. The zero-order valence-corrected chi connectivity index (χ0v) is 16.8. The van der Waals surface area contributed by atoms with Crippen LogP contribution in [0.1, 0.15) is 31.0 Å². The molecule has 5 nitrogen and oxygen atoms in total. The molecule has 1 heterocycles. The zero-order valence-electron chi connectivity index (χ0n) is 15.3. The molecule has 0 fully saturated rings. The third-order valence-electron chi connectivity index (χ3n) is 4.55. The summed E-state index contributed by atoms with van der Waals surface area (Å²) in [5.74, 6) is -1.00. The molecule has 140 valence electrons. The van der Waals surface area contributed by atoms with Crippen molar-refractivity contribution in [3.63, 3.8) is 0 Å². The van der Waals surface area contributed by atoms with Crippen LogP contribution in [0.4, 0.5) is 4.79 Å². The van der Waals surface area contributed by atoms with Crippen LogP contribution in [0.15, 0.2) is 64.1 Å². The fourth-order valence-corrected chi connectivity index (χ4v) is 3.77. The summed E-state index contributed by atoms with van der Waals surface area (Å²) >= 11 is 3.48. The van der Waals surface area contributed by atoms with Gasteiger partial charge in [-0.05, 0) is 37.1 Å². The van der Waals surface area contributed by atoms with Crippen molar-refractivity contribution in [3.8, 4) is 0 Å². The van der Waals surface area contributed by atoms with Crippen molar-refractivity contribution in [3.05, 3.63) is 70.2 Å². The molecule has 2 aromatic carbocycles. The van der Waals surface area contributed by atoms with E-state index < -0.39 is 12.0 Å². The third-order valence-corrected chi connectivity index (χ3v) is 5.04. The van der Waals surface area contributed by atoms with Gasteiger partial charge in [0, 0.05) is 16.7 Å². The lowest BCUT2D eigenvalue weighted by atomic mass is 9.86. The Bertz CT molecular complexity index is 867. The van der Waals surface area contributed by atoms with Crippen molar-refractivity contribution in [2.75, 3.05) is 6.61 Å². The quantitative estimate of drug-likeness (QED) is 0.644. The lowest BCUT2D eigenvalue weighted by Crippen LogP contribution is -2.46. The Morgan fingerprint density at radius 1 is 1.19 bits per heavy atom. The van der Waals surface area contributed by atoms with E-state index in [0.29, 0.717) is 12.3 Å². The molecule has 1 aliphatic heterocycles. The van der Waals surface area contributed by atoms with E-state index in [1.165, 1.54) is 0 Å². The molecule has 2 unspecified atom stereocenters. The molecular formula is C21H21BrN2O3. The van der Waals surface area contributed by atoms with Gasteiger partial charge in [0.2, 0.25) is 0 Å². The molecule has 0 saturated heterocycles. The highest BCUT2D eigenvalue weighted by Gasteiger charge is 2.43. The third kappa shape index (κ3) is 4.27. The van der Waals surface area contributed by atoms with Crippen LogP contribution in [-0.4, -0.2) is 29.2 Å². The van der Waals surface area contributed by atoms with Gasteiger partial charge in [-0.2, -0.15) is 0 Å². The maximum atomic E-state index is 12.8. The van der Waals surface area contributed by atoms with Crippen LogP contribution in [0.5, 0.6) is 0 Å². The topological polar surface area (TPSA) is 59.0 Å². The van der Waals surface area contributed by atoms with Crippen LogP contribution < -0.4 is 0 Å². The van der Waals surface area contributed by atoms with Gasteiger partial charge in [0.15, 0.2) is 0 Å². The molecular weight excluding hydrogens is 408 g/mol. The summed E-state index contributed by atoms with van der Waals surface area (Å²) in [6, 6.07) is 16.5. The van der Waals surface area contributed by atoms with E-state index in [1.54, 1.807) is 18.7 Å². The number of rotatable bonds is 5. The van der Waals surface area contributed by atoms with Crippen molar-refractivity contribution in [1.29, 1.82) is 0 Å². The van der Waals surface area contributed by atoms with Gasteiger partial charge < -0.3 is 9.64 Å². The maximum Gasteiger partial charge on any atom is 0.344 e. The van der Waals surface area contributed by atoms with E-state index in [9.17, 15) is 9.59 Å². The number of benzene rings is 2. The van der Waals surface area contributed by atoms with Crippen molar-refractivity contribution >= 4 is 33.6 Å². The van der Waals surface area contributed by atoms with Gasteiger partial charge in [-0.1, -0.05) is 58.4 Å². The van der Waals surface area contributed by atoms with Crippen LogP contribution in [0.3, 0.4) is 0 Å².